The number of carbonyl (C=O) groups is 2. The van der Waals surface area contributed by atoms with Gasteiger partial charge in [0, 0.05) is 18.7 Å². The van der Waals surface area contributed by atoms with E-state index in [1.165, 1.54) is 20.1 Å². The first-order chi connectivity index (χ1) is 15.0. The Balaban J connectivity index is 1.84. The van der Waals surface area contributed by atoms with E-state index in [1.54, 1.807) is 55.1 Å². The van der Waals surface area contributed by atoms with Crippen molar-refractivity contribution < 1.29 is 22.7 Å². The second-order valence-electron chi connectivity index (χ2n) is 8.27. The van der Waals surface area contributed by atoms with Crippen molar-refractivity contribution in [2.24, 2.45) is 5.92 Å². The van der Waals surface area contributed by atoms with Crippen LogP contribution in [0.25, 0.3) is 0 Å². The quantitative estimate of drug-likeness (QED) is 0.662. The van der Waals surface area contributed by atoms with Crippen LogP contribution in [0.3, 0.4) is 0 Å². The van der Waals surface area contributed by atoms with E-state index in [2.05, 4.69) is 10.0 Å². The molecule has 2 amide bonds. The lowest BCUT2D eigenvalue weighted by Gasteiger charge is -2.23. The zero-order valence-electron chi connectivity index (χ0n) is 18.9. The molecule has 0 saturated carbocycles. The molecule has 9 heteroatoms. The van der Waals surface area contributed by atoms with Crippen molar-refractivity contribution >= 4 is 33.2 Å². The number of hydrogen-bond donors (Lipinski definition) is 2. The van der Waals surface area contributed by atoms with Gasteiger partial charge in [0.2, 0.25) is 21.8 Å². The number of carbonyl (C=O) groups excluding carboxylic acids is 2. The number of anilines is 2. The summed E-state index contributed by atoms with van der Waals surface area (Å²) in [4.78, 5) is 26.6. The summed E-state index contributed by atoms with van der Waals surface area (Å²) in [6.07, 6.45) is 0.570. The van der Waals surface area contributed by atoms with Crippen LogP contribution in [0.4, 0.5) is 11.4 Å². The standard InChI is InChI=1S/C23H29N3O5S/c1-14(2)22(23(28)24-19-8-6-7-9-21(19)31-5)25-32(29,30)18-10-11-20-17(13-18)12-15(3)26(20)16(4)27/h6-11,13-15,22,25H,12H2,1-5H3,(H,24,28). The Morgan fingerprint density at radius 1 is 1.16 bits per heavy atom. The molecule has 2 N–H and O–H groups in total. The van der Waals surface area contributed by atoms with E-state index < -0.39 is 22.0 Å². The second kappa shape index (κ2) is 9.30. The summed E-state index contributed by atoms with van der Waals surface area (Å²) in [5.74, 6) is -0.389. The lowest BCUT2D eigenvalue weighted by atomic mass is 10.0. The molecule has 0 fully saturated rings. The van der Waals surface area contributed by atoms with Gasteiger partial charge in [0.15, 0.2) is 0 Å². The van der Waals surface area contributed by atoms with E-state index in [1.807, 2.05) is 6.92 Å². The Labute approximate surface area is 189 Å². The molecule has 2 aromatic rings. The van der Waals surface area contributed by atoms with Crippen LogP contribution in [0.5, 0.6) is 5.75 Å². The van der Waals surface area contributed by atoms with Crippen molar-refractivity contribution in [1.29, 1.82) is 0 Å². The van der Waals surface area contributed by atoms with Gasteiger partial charge in [-0.05, 0) is 55.2 Å². The molecule has 0 spiro atoms. The van der Waals surface area contributed by atoms with Crippen LogP contribution in [0, 0.1) is 5.92 Å². The van der Waals surface area contributed by atoms with Crippen LogP contribution in [0.2, 0.25) is 0 Å². The molecule has 0 saturated heterocycles. The van der Waals surface area contributed by atoms with E-state index in [0.29, 0.717) is 17.9 Å². The number of ether oxygens (including phenoxy) is 1. The Bertz CT molecular complexity index is 1130. The van der Waals surface area contributed by atoms with E-state index in [-0.39, 0.29) is 22.8 Å². The Morgan fingerprint density at radius 2 is 1.84 bits per heavy atom. The van der Waals surface area contributed by atoms with Gasteiger partial charge in [-0.25, -0.2) is 8.42 Å². The molecule has 0 aromatic heterocycles. The molecule has 0 bridgehead atoms. The highest BCUT2D eigenvalue weighted by molar-refractivity contribution is 7.89. The fourth-order valence-electron chi connectivity index (χ4n) is 3.94. The first kappa shape index (κ1) is 23.7. The van der Waals surface area contributed by atoms with E-state index in [9.17, 15) is 18.0 Å². The van der Waals surface area contributed by atoms with Crippen LogP contribution >= 0.6 is 0 Å². The van der Waals surface area contributed by atoms with Crippen molar-refractivity contribution in [3.8, 4) is 5.75 Å². The number of sulfonamides is 1. The van der Waals surface area contributed by atoms with Gasteiger partial charge >= 0.3 is 0 Å². The van der Waals surface area contributed by atoms with Gasteiger partial charge in [-0.3, -0.25) is 9.59 Å². The van der Waals surface area contributed by atoms with E-state index in [4.69, 9.17) is 4.74 Å². The van der Waals surface area contributed by atoms with Gasteiger partial charge < -0.3 is 15.0 Å². The molecule has 2 atom stereocenters. The molecule has 32 heavy (non-hydrogen) atoms. The summed E-state index contributed by atoms with van der Waals surface area (Å²) >= 11 is 0. The van der Waals surface area contributed by atoms with Crippen molar-refractivity contribution in [2.45, 2.75) is 51.1 Å². The molecule has 0 aliphatic carbocycles. The number of nitrogens with one attached hydrogen (secondary N) is 2. The third-order valence-electron chi connectivity index (χ3n) is 5.51. The van der Waals surface area contributed by atoms with Crippen LogP contribution < -0.4 is 19.7 Å². The average molecular weight is 460 g/mol. The number of benzene rings is 2. The van der Waals surface area contributed by atoms with E-state index in [0.717, 1.165) is 11.3 Å². The van der Waals surface area contributed by atoms with Gasteiger partial charge in [0.1, 0.15) is 11.8 Å². The lowest BCUT2D eigenvalue weighted by Crippen LogP contribution is -2.47. The molecule has 2 unspecified atom stereocenters. The normalized spacial score (nSPS) is 16.6. The number of amides is 2. The summed E-state index contributed by atoms with van der Waals surface area (Å²) in [5.41, 5.74) is 1.97. The van der Waals surface area contributed by atoms with Crippen LogP contribution in [0.1, 0.15) is 33.3 Å². The van der Waals surface area contributed by atoms with Crippen LogP contribution in [0.15, 0.2) is 47.4 Å². The number of para-hydroxylation sites is 2. The maximum atomic E-state index is 13.1. The number of methoxy groups -OCH3 is 1. The highest BCUT2D eigenvalue weighted by Crippen LogP contribution is 2.34. The summed E-state index contributed by atoms with van der Waals surface area (Å²) < 4.78 is 34.0. The second-order valence-corrected chi connectivity index (χ2v) is 9.98. The smallest absolute Gasteiger partial charge is 0.242 e. The van der Waals surface area contributed by atoms with Crippen molar-refractivity contribution in [3.63, 3.8) is 0 Å². The van der Waals surface area contributed by atoms with E-state index >= 15 is 0 Å². The highest BCUT2D eigenvalue weighted by atomic mass is 32.2. The van der Waals surface area contributed by atoms with Crippen molar-refractivity contribution in [2.75, 3.05) is 17.3 Å². The molecule has 8 nitrogen and oxygen atoms in total. The molecule has 172 valence electrons. The summed E-state index contributed by atoms with van der Waals surface area (Å²) in [6, 6.07) is 10.6. The number of nitrogens with zero attached hydrogens (tertiary/aromatic N) is 1. The minimum Gasteiger partial charge on any atom is -0.495 e. The Morgan fingerprint density at radius 3 is 2.47 bits per heavy atom. The molecular weight excluding hydrogens is 430 g/mol. The summed E-state index contributed by atoms with van der Waals surface area (Å²) in [5, 5.41) is 2.75. The lowest BCUT2D eigenvalue weighted by molar-refractivity contribution is -0.118. The molecule has 0 radical (unpaired) electrons. The first-order valence-corrected chi connectivity index (χ1v) is 11.9. The molecular formula is C23H29N3O5S. The molecule has 2 aromatic carbocycles. The van der Waals surface area contributed by atoms with Gasteiger partial charge in [0.25, 0.3) is 0 Å². The van der Waals surface area contributed by atoms with Gasteiger partial charge in [-0.2, -0.15) is 4.72 Å². The van der Waals surface area contributed by atoms with Gasteiger partial charge in [0.05, 0.1) is 17.7 Å². The predicted molar refractivity (Wildman–Crippen MR) is 123 cm³/mol. The van der Waals surface area contributed by atoms with Crippen molar-refractivity contribution in [3.05, 3.63) is 48.0 Å². The Kier molecular flexibility index (Phi) is 6.90. The monoisotopic (exact) mass is 459 g/mol. The summed E-state index contributed by atoms with van der Waals surface area (Å²) in [6.45, 7) is 6.95. The van der Waals surface area contributed by atoms with Crippen molar-refractivity contribution in [1.82, 2.24) is 4.72 Å². The summed E-state index contributed by atoms with van der Waals surface area (Å²) in [7, 11) is -2.48. The molecule has 1 aliphatic rings. The predicted octanol–water partition coefficient (Wildman–Crippen LogP) is 2.93. The highest BCUT2D eigenvalue weighted by Gasteiger charge is 2.32. The molecule has 1 heterocycles. The molecule has 1 aliphatic heterocycles. The van der Waals surface area contributed by atoms with Gasteiger partial charge in [-0.1, -0.05) is 26.0 Å². The average Bonchev–Trinajstić information content (AvgIpc) is 3.07. The largest absolute Gasteiger partial charge is 0.495 e. The topological polar surface area (TPSA) is 105 Å². The maximum absolute atomic E-state index is 13.1. The number of rotatable bonds is 7. The SMILES string of the molecule is COc1ccccc1NC(=O)C(NS(=O)(=O)c1ccc2c(c1)CC(C)N2C(C)=O)C(C)C. The minimum absolute atomic E-state index is 0.0385. The van der Waals surface area contributed by atoms with Crippen LogP contribution in [-0.2, 0) is 26.0 Å². The minimum atomic E-state index is -3.98. The fraction of sp³-hybridized carbons (Fsp3) is 0.391. The van der Waals surface area contributed by atoms with Gasteiger partial charge in [-0.15, -0.1) is 0 Å². The third kappa shape index (κ3) is 4.78. The van der Waals surface area contributed by atoms with Crippen LogP contribution in [-0.4, -0.2) is 39.4 Å². The Hall–Kier alpha value is -2.91. The zero-order valence-corrected chi connectivity index (χ0v) is 19.7. The zero-order chi connectivity index (χ0) is 23.6. The number of fused-ring (bicyclic) bond motifs is 1. The number of hydrogen-bond acceptors (Lipinski definition) is 5. The first-order valence-electron chi connectivity index (χ1n) is 10.4. The maximum Gasteiger partial charge on any atom is 0.242 e. The molecule has 3 rings (SSSR count). The fourth-order valence-corrected chi connectivity index (χ4v) is 5.33. The third-order valence-corrected chi connectivity index (χ3v) is 6.95.